The van der Waals surface area contributed by atoms with E-state index in [1.54, 1.807) is 16.8 Å². The third-order valence-electron chi connectivity index (χ3n) is 4.98. The number of hydrogen-bond acceptors (Lipinski definition) is 3. The van der Waals surface area contributed by atoms with Gasteiger partial charge in [-0.25, -0.2) is 4.39 Å². The van der Waals surface area contributed by atoms with Gasteiger partial charge in [-0.2, -0.15) is 5.10 Å². The Bertz CT molecular complexity index is 1200. The van der Waals surface area contributed by atoms with Crippen LogP contribution in [0.25, 0.3) is 10.8 Å². The monoisotopic (exact) mass is 403 g/mol. The van der Waals surface area contributed by atoms with Crippen molar-refractivity contribution in [3.63, 3.8) is 0 Å². The Morgan fingerprint density at radius 3 is 2.53 bits per heavy atom. The molecule has 4 rings (SSSR count). The summed E-state index contributed by atoms with van der Waals surface area (Å²) in [5.41, 5.74) is 3.15. The summed E-state index contributed by atoms with van der Waals surface area (Å²) in [6.07, 6.45) is 0. The van der Waals surface area contributed by atoms with Gasteiger partial charge in [0.05, 0.1) is 23.6 Å². The van der Waals surface area contributed by atoms with Crippen LogP contribution in [0.15, 0.2) is 66.7 Å². The minimum absolute atomic E-state index is 0.0969. The van der Waals surface area contributed by atoms with Crippen LogP contribution >= 0.6 is 0 Å². The van der Waals surface area contributed by atoms with Crippen molar-refractivity contribution in [2.45, 2.75) is 20.4 Å². The van der Waals surface area contributed by atoms with Crippen molar-refractivity contribution in [1.29, 1.82) is 0 Å². The predicted molar refractivity (Wildman–Crippen MR) is 115 cm³/mol. The summed E-state index contributed by atoms with van der Waals surface area (Å²) in [6.45, 7) is 4.13. The first-order valence-corrected chi connectivity index (χ1v) is 9.69. The molecular formula is C24H22FN3O2. The van der Waals surface area contributed by atoms with Gasteiger partial charge in [-0.1, -0.05) is 42.5 Å². The van der Waals surface area contributed by atoms with E-state index < -0.39 is 0 Å². The van der Waals surface area contributed by atoms with Crippen LogP contribution in [0.2, 0.25) is 0 Å². The number of benzene rings is 3. The molecule has 0 atom stereocenters. The molecule has 0 aliphatic heterocycles. The number of hydrogen-bond donors (Lipinski definition) is 1. The maximum Gasteiger partial charge on any atom is 0.262 e. The maximum atomic E-state index is 13.1. The average molecular weight is 403 g/mol. The largest absolute Gasteiger partial charge is 0.484 e. The van der Waals surface area contributed by atoms with Crippen LogP contribution in [0.5, 0.6) is 5.75 Å². The lowest BCUT2D eigenvalue weighted by atomic mass is 10.1. The van der Waals surface area contributed by atoms with Crippen molar-refractivity contribution in [3.8, 4) is 5.75 Å². The predicted octanol–water partition coefficient (Wildman–Crippen LogP) is 4.86. The molecule has 152 valence electrons. The van der Waals surface area contributed by atoms with E-state index in [9.17, 15) is 9.18 Å². The molecular weight excluding hydrogens is 381 g/mol. The van der Waals surface area contributed by atoms with Crippen molar-refractivity contribution in [2.24, 2.45) is 0 Å². The number of nitrogens with zero attached hydrogens (tertiary/aromatic N) is 2. The molecule has 0 aliphatic carbocycles. The van der Waals surface area contributed by atoms with Gasteiger partial charge in [0.15, 0.2) is 6.61 Å². The smallest absolute Gasteiger partial charge is 0.262 e. The Hall–Kier alpha value is -3.67. The Morgan fingerprint density at radius 1 is 1.03 bits per heavy atom. The number of carbonyl (C=O) groups is 1. The highest BCUT2D eigenvalue weighted by Crippen LogP contribution is 2.22. The van der Waals surface area contributed by atoms with E-state index >= 15 is 0 Å². The summed E-state index contributed by atoms with van der Waals surface area (Å²) in [5.74, 6) is 0.117. The van der Waals surface area contributed by atoms with E-state index in [-0.39, 0.29) is 18.3 Å². The van der Waals surface area contributed by atoms with Crippen molar-refractivity contribution in [2.75, 3.05) is 11.9 Å². The lowest BCUT2D eigenvalue weighted by Gasteiger charge is -2.09. The minimum Gasteiger partial charge on any atom is -0.484 e. The van der Waals surface area contributed by atoms with E-state index in [4.69, 9.17) is 4.74 Å². The first-order valence-electron chi connectivity index (χ1n) is 9.69. The van der Waals surface area contributed by atoms with Crippen molar-refractivity contribution in [3.05, 3.63) is 89.5 Å². The summed E-state index contributed by atoms with van der Waals surface area (Å²) in [5, 5.41) is 9.57. The number of aryl methyl sites for hydroxylation is 1. The van der Waals surface area contributed by atoms with Gasteiger partial charge in [-0.15, -0.1) is 0 Å². The van der Waals surface area contributed by atoms with Gasteiger partial charge >= 0.3 is 0 Å². The minimum atomic E-state index is -0.272. The van der Waals surface area contributed by atoms with E-state index in [0.29, 0.717) is 23.7 Å². The van der Waals surface area contributed by atoms with Gasteiger partial charge in [-0.3, -0.25) is 9.48 Å². The normalized spacial score (nSPS) is 10.9. The summed E-state index contributed by atoms with van der Waals surface area (Å²) in [7, 11) is 0. The van der Waals surface area contributed by atoms with Crippen molar-refractivity contribution in [1.82, 2.24) is 9.78 Å². The number of nitrogens with one attached hydrogen (secondary N) is 1. The van der Waals surface area contributed by atoms with Crippen LogP contribution in [-0.4, -0.2) is 22.3 Å². The highest BCUT2D eigenvalue weighted by Gasteiger charge is 2.15. The topological polar surface area (TPSA) is 56.2 Å². The first kappa shape index (κ1) is 19.6. The maximum absolute atomic E-state index is 13.1. The number of amides is 1. The molecule has 5 nitrogen and oxygen atoms in total. The molecule has 6 heteroatoms. The van der Waals surface area contributed by atoms with Crippen LogP contribution in [0.3, 0.4) is 0 Å². The fraction of sp³-hybridized carbons (Fsp3) is 0.167. The zero-order chi connectivity index (χ0) is 21.1. The summed E-state index contributed by atoms with van der Waals surface area (Å²) >= 11 is 0. The van der Waals surface area contributed by atoms with Gasteiger partial charge < -0.3 is 10.1 Å². The number of carbonyl (C=O) groups excluding carboxylic acids is 1. The molecule has 0 spiro atoms. The number of ether oxygens (including phenoxy) is 1. The van der Waals surface area contributed by atoms with Gasteiger partial charge in [-0.05, 0) is 54.4 Å². The van der Waals surface area contributed by atoms with Gasteiger partial charge in [0.2, 0.25) is 0 Å². The molecule has 0 saturated heterocycles. The van der Waals surface area contributed by atoms with Crippen LogP contribution in [-0.2, 0) is 11.3 Å². The SMILES string of the molecule is Cc1nn(Cc2ccc(F)cc2)c(C)c1NC(=O)COc1ccc2ccccc2c1. The molecule has 0 fully saturated rings. The third-order valence-corrected chi connectivity index (χ3v) is 4.98. The fourth-order valence-corrected chi connectivity index (χ4v) is 3.38. The highest BCUT2D eigenvalue weighted by atomic mass is 19.1. The number of anilines is 1. The molecule has 0 aliphatic rings. The summed E-state index contributed by atoms with van der Waals surface area (Å²) < 4.78 is 20.6. The Balaban J connectivity index is 1.41. The number of aromatic nitrogens is 2. The molecule has 1 heterocycles. The molecule has 1 amide bonds. The standard InChI is InChI=1S/C24H22FN3O2/c1-16-24(17(2)28(27-16)14-18-7-10-21(25)11-8-18)26-23(29)15-30-22-12-9-19-5-3-4-6-20(19)13-22/h3-13H,14-15H2,1-2H3,(H,26,29). The van der Waals surface area contributed by atoms with Crippen LogP contribution in [0.4, 0.5) is 10.1 Å². The number of rotatable bonds is 6. The second kappa shape index (κ2) is 8.37. The Kier molecular flexibility index (Phi) is 5.48. The molecule has 0 radical (unpaired) electrons. The molecule has 1 aromatic heterocycles. The zero-order valence-corrected chi connectivity index (χ0v) is 16.9. The molecule has 1 N–H and O–H groups in total. The van der Waals surface area contributed by atoms with E-state index in [2.05, 4.69) is 10.4 Å². The quantitative estimate of drug-likeness (QED) is 0.500. The van der Waals surface area contributed by atoms with Crippen molar-refractivity contribution < 1.29 is 13.9 Å². The van der Waals surface area contributed by atoms with Crippen LogP contribution in [0.1, 0.15) is 17.0 Å². The molecule has 0 unspecified atom stereocenters. The first-order chi connectivity index (χ1) is 14.5. The lowest BCUT2D eigenvalue weighted by molar-refractivity contribution is -0.118. The fourth-order valence-electron chi connectivity index (χ4n) is 3.38. The molecule has 0 saturated carbocycles. The van der Waals surface area contributed by atoms with Gasteiger partial charge in [0.25, 0.3) is 5.91 Å². The number of halogens is 1. The van der Waals surface area contributed by atoms with Gasteiger partial charge in [0.1, 0.15) is 11.6 Å². The molecule has 4 aromatic rings. The van der Waals surface area contributed by atoms with Gasteiger partial charge in [0, 0.05) is 0 Å². The van der Waals surface area contributed by atoms with Crippen LogP contribution < -0.4 is 10.1 Å². The Labute approximate surface area is 174 Å². The number of fused-ring (bicyclic) bond motifs is 1. The molecule has 30 heavy (non-hydrogen) atoms. The summed E-state index contributed by atoms with van der Waals surface area (Å²) in [4.78, 5) is 12.4. The Morgan fingerprint density at radius 2 is 1.77 bits per heavy atom. The molecule has 3 aromatic carbocycles. The van der Waals surface area contributed by atoms with Crippen LogP contribution in [0, 0.1) is 19.7 Å². The third kappa shape index (κ3) is 4.33. The second-order valence-electron chi connectivity index (χ2n) is 7.18. The van der Waals surface area contributed by atoms with E-state index in [0.717, 1.165) is 22.0 Å². The average Bonchev–Trinajstić information content (AvgIpc) is 3.01. The summed E-state index contributed by atoms with van der Waals surface area (Å²) in [6, 6.07) is 20.0. The molecule has 0 bridgehead atoms. The van der Waals surface area contributed by atoms with E-state index in [1.807, 2.05) is 56.3 Å². The van der Waals surface area contributed by atoms with E-state index in [1.165, 1.54) is 12.1 Å². The van der Waals surface area contributed by atoms with Crippen molar-refractivity contribution >= 4 is 22.4 Å². The highest BCUT2D eigenvalue weighted by molar-refractivity contribution is 5.93. The second-order valence-corrected chi connectivity index (χ2v) is 7.18. The zero-order valence-electron chi connectivity index (χ0n) is 16.9. The lowest BCUT2D eigenvalue weighted by Crippen LogP contribution is -2.21.